The number of carbonyl (C=O) groups is 3. The minimum atomic E-state index is -1.23. The number of aromatic nitrogens is 1. The predicted octanol–water partition coefficient (Wildman–Crippen LogP) is 2.34. The second-order valence-electron chi connectivity index (χ2n) is 6.06. The molecule has 0 bridgehead atoms. The molecule has 0 saturated carbocycles. The normalized spacial score (nSPS) is 11.6. The van der Waals surface area contributed by atoms with Gasteiger partial charge in [0.05, 0.1) is 28.9 Å². The number of nitro benzene ring substituents is 1. The average Bonchev–Trinajstić information content (AvgIpc) is 2.94. The predicted molar refractivity (Wildman–Crippen MR) is 98.3 cm³/mol. The van der Waals surface area contributed by atoms with Gasteiger partial charge in [0.15, 0.2) is 6.10 Å². The van der Waals surface area contributed by atoms with Crippen molar-refractivity contribution in [3.05, 3.63) is 56.4 Å². The summed E-state index contributed by atoms with van der Waals surface area (Å²) in [4.78, 5) is 49.8. The van der Waals surface area contributed by atoms with Gasteiger partial charge in [0, 0.05) is 23.5 Å². The van der Waals surface area contributed by atoms with Gasteiger partial charge in [-0.2, -0.15) is 0 Å². The summed E-state index contributed by atoms with van der Waals surface area (Å²) in [5.74, 6) is -2.15. The molecule has 0 aliphatic rings. The molecule has 0 saturated heterocycles. The Morgan fingerprint density at radius 1 is 1.21 bits per heavy atom. The van der Waals surface area contributed by atoms with Crippen molar-refractivity contribution < 1.29 is 28.8 Å². The number of nitrogens with two attached hydrogens (primary N) is 1. The van der Waals surface area contributed by atoms with Crippen molar-refractivity contribution in [2.75, 3.05) is 12.8 Å². The van der Waals surface area contributed by atoms with Gasteiger partial charge in [0.25, 0.3) is 5.69 Å². The fraction of sp³-hybridized carbons (Fsp3) is 0.278. The van der Waals surface area contributed by atoms with Crippen LogP contribution in [0.25, 0.3) is 0 Å². The first-order valence-corrected chi connectivity index (χ1v) is 8.15. The number of ketones is 1. The highest BCUT2D eigenvalue weighted by Gasteiger charge is 2.28. The van der Waals surface area contributed by atoms with Crippen molar-refractivity contribution >= 4 is 29.1 Å². The zero-order valence-electron chi connectivity index (χ0n) is 15.7. The lowest BCUT2D eigenvalue weighted by Crippen LogP contribution is -2.26. The molecule has 10 heteroatoms. The molecule has 28 heavy (non-hydrogen) atoms. The van der Waals surface area contributed by atoms with E-state index in [1.54, 1.807) is 13.8 Å². The van der Waals surface area contributed by atoms with Gasteiger partial charge in [-0.25, -0.2) is 9.59 Å². The van der Waals surface area contributed by atoms with E-state index in [1.165, 1.54) is 20.1 Å². The first kappa shape index (κ1) is 20.6. The van der Waals surface area contributed by atoms with E-state index < -0.39 is 28.7 Å². The van der Waals surface area contributed by atoms with Crippen LogP contribution in [0.15, 0.2) is 18.2 Å². The van der Waals surface area contributed by atoms with Crippen LogP contribution in [-0.2, 0) is 9.47 Å². The van der Waals surface area contributed by atoms with Gasteiger partial charge in [0.2, 0.25) is 5.78 Å². The van der Waals surface area contributed by atoms with Crippen molar-refractivity contribution in [1.29, 1.82) is 0 Å². The number of ether oxygens (including phenoxy) is 2. The lowest BCUT2D eigenvalue weighted by molar-refractivity contribution is -0.384. The van der Waals surface area contributed by atoms with Gasteiger partial charge >= 0.3 is 11.9 Å². The SMILES string of the molecule is COC(=O)c1c(C)[nH]c(C(=O)[C@@H](C)OC(=O)c2cc([N+](=O)[O-])ccc2N)c1C. The van der Waals surface area contributed by atoms with Gasteiger partial charge < -0.3 is 20.2 Å². The Morgan fingerprint density at radius 2 is 1.86 bits per heavy atom. The molecule has 3 N–H and O–H groups in total. The van der Waals surface area contributed by atoms with Crippen LogP contribution < -0.4 is 5.73 Å². The Balaban J connectivity index is 2.26. The van der Waals surface area contributed by atoms with Crippen molar-refractivity contribution in [2.45, 2.75) is 26.9 Å². The Labute approximate surface area is 159 Å². The molecule has 2 aromatic rings. The van der Waals surface area contributed by atoms with Crippen LogP contribution in [0.4, 0.5) is 11.4 Å². The molecule has 1 aromatic heterocycles. The number of aryl methyl sites for hydroxylation is 1. The van der Waals surface area contributed by atoms with Gasteiger partial charge in [-0.1, -0.05) is 0 Å². The summed E-state index contributed by atoms with van der Waals surface area (Å²) >= 11 is 0. The lowest BCUT2D eigenvalue weighted by Gasteiger charge is -2.13. The third-order valence-corrected chi connectivity index (χ3v) is 4.19. The highest BCUT2D eigenvalue weighted by molar-refractivity contribution is 6.05. The molecule has 0 fully saturated rings. The summed E-state index contributed by atoms with van der Waals surface area (Å²) in [6.45, 7) is 4.52. The number of nitrogens with one attached hydrogen (secondary N) is 1. The maximum atomic E-state index is 12.7. The summed E-state index contributed by atoms with van der Waals surface area (Å²) in [5.41, 5.74) is 6.25. The monoisotopic (exact) mass is 389 g/mol. The van der Waals surface area contributed by atoms with Crippen molar-refractivity contribution in [3.8, 4) is 0 Å². The van der Waals surface area contributed by atoms with E-state index in [-0.39, 0.29) is 28.2 Å². The Hall–Kier alpha value is -3.69. The third kappa shape index (κ3) is 3.85. The van der Waals surface area contributed by atoms with E-state index >= 15 is 0 Å². The van der Waals surface area contributed by atoms with E-state index in [4.69, 9.17) is 15.2 Å². The van der Waals surface area contributed by atoms with Crippen LogP contribution in [0.2, 0.25) is 0 Å². The Morgan fingerprint density at radius 3 is 2.43 bits per heavy atom. The number of esters is 2. The molecule has 0 amide bonds. The van der Waals surface area contributed by atoms with Gasteiger partial charge in [-0.05, 0) is 32.4 Å². The zero-order valence-corrected chi connectivity index (χ0v) is 15.7. The maximum Gasteiger partial charge on any atom is 0.341 e. The number of benzene rings is 1. The first-order chi connectivity index (χ1) is 13.1. The maximum absolute atomic E-state index is 12.7. The molecule has 1 heterocycles. The lowest BCUT2D eigenvalue weighted by atomic mass is 10.1. The van der Waals surface area contributed by atoms with Crippen molar-refractivity contribution in [1.82, 2.24) is 4.98 Å². The molecular formula is C18H19N3O7. The number of hydrogen-bond donors (Lipinski definition) is 2. The fourth-order valence-electron chi connectivity index (χ4n) is 2.72. The van der Waals surface area contributed by atoms with E-state index in [0.29, 0.717) is 11.3 Å². The molecule has 0 aliphatic heterocycles. The highest BCUT2D eigenvalue weighted by Crippen LogP contribution is 2.23. The fourth-order valence-corrected chi connectivity index (χ4v) is 2.72. The summed E-state index contributed by atoms with van der Waals surface area (Å²) in [7, 11) is 1.23. The number of rotatable bonds is 6. The summed E-state index contributed by atoms with van der Waals surface area (Å²) in [6.07, 6.45) is -1.23. The van der Waals surface area contributed by atoms with Crippen LogP contribution in [0.3, 0.4) is 0 Å². The van der Waals surface area contributed by atoms with Crippen LogP contribution in [0, 0.1) is 24.0 Å². The number of hydrogen-bond acceptors (Lipinski definition) is 8. The Bertz CT molecular complexity index is 978. The van der Waals surface area contributed by atoms with Crippen LogP contribution in [0.5, 0.6) is 0 Å². The molecule has 0 spiro atoms. The summed E-state index contributed by atoms with van der Waals surface area (Å²) < 4.78 is 9.82. The summed E-state index contributed by atoms with van der Waals surface area (Å²) in [6, 6.07) is 3.34. The average molecular weight is 389 g/mol. The number of nitro groups is 1. The number of nitrogen functional groups attached to an aromatic ring is 1. The van der Waals surface area contributed by atoms with Crippen LogP contribution in [-0.4, -0.2) is 40.8 Å². The van der Waals surface area contributed by atoms with E-state index in [2.05, 4.69) is 4.98 Å². The number of H-pyrrole nitrogens is 1. The van der Waals surface area contributed by atoms with E-state index in [0.717, 1.165) is 12.1 Å². The number of non-ortho nitro benzene ring substituents is 1. The van der Waals surface area contributed by atoms with E-state index in [1.807, 2.05) is 0 Å². The van der Waals surface area contributed by atoms with Gasteiger partial charge in [-0.15, -0.1) is 0 Å². The summed E-state index contributed by atoms with van der Waals surface area (Å²) in [5, 5.41) is 10.9. The van der Waals surface area contributed by atoms with Crippen molar-refractivity contribution in [2.24, 2.45) is 0 Å². The molecule has 148 valence electrons. The molecule has 1 atom stereocenters. The van der Waals surface area contributed by atoms with E-state index in [9.17, 15) is 24.5 Å². The van der Waals surface area contributed by atoms with Gasteiger partial charge in [0.1, 0.15) is 0 Å². The number of aromatic amines is 1. The van der Waals surface area contributed by atoms with Crippen LogP contribution in [0.1, 0.15) is 49.4 Å². The molecule has 0 unspecified atom stereocenters. The Kier molecular flexibility index (Phi) is 5.82. The number of Topliss-reactive ketones (excluding diaryl/α,β-unsaturated/α-hetero) is 1. The standard InChI is InChI=1S/C18H19N3O7/c1-8-14(18(24)27-4)9(2)20-15(8)16(22)10(3)28-17(23)12-7-11(21(25)26)5-6-13(12)19/h5-7,10,20H,19H2,1-4H3/t10-/m1/s1. The second-order valence-corrected chi connectivity index (χ2v) is 6.06. The zero-order chi connectivity index (χ0) is 21.2. The van der Waals surface area contributed by atoms with Crippen LogP contribution >= 0.6 is 0 Å². The molecule has 1 aromatic carbocycles. The largest absolute Gasteiger partial charge is 0.465 e. The molecule has 0 radical (unpaired) electrons. The number of carbonyl (C=O) groups excluding carboxylic acids is 3. The minimum Gasteiger partial charge on any atom is -0.465 e. The molecule has 10 nitrogen and oxygen atoms in total. The second kappa shape index (κ2) is 7.91. The number of anilines is 1. The molecular weight excluding hydrogens is 370 g/mol. The quantitative estimate of drug-likeness (QED) is 0.251. The number of nitrogens with zero attached hydrogens (tertiary/aromatic N) is 1. The minimum absolute atomic E-state index is 0.0184. The molecule has 0 aliphatic carbocycles. The molecule has 2 rings (SSSR count). The number of methoxy groups -OCH3 is 1. The first-order valence-electron chi connectivity index (χ1n) is 8.15. The van der Waals surface area contributed by atoms with Gasteiger partial charge in [-0.3, -0.25) is 14.9 Å². The third-order valence-electron chi connectivity index (χ3n) is 4.19. The highest BCUT2D eigenvalue weighted by atomic mass is 16.6. The van der Waals surface area contributed by atoms with Crippen molar-refractivity contribution in [3.63, 3.8) is 0 Å². The smallest absolute Gasteiger partial charge is 0.341 e. The topological polar surface area (TPSA) is 155 Å².